The summed E-state index contributed by atoms with van der Waals surface area (Å²) in [6, 6.07) is 10.4. The highest BCUT2D eigenvalue weighted by Crippen LogP contribution is 2.38. The van der Waals surface area contributed by atoms with E-state index in [0.717, 1.165) is 5.56 Å². The molecule has 1 fully saturated rings. The van der Waals surface area contributed by atoms with Gasteiger partial charge in [-0.3, -0.25) is 9.59 Å². The van der Waals surface area contributed by atoms with Crippen LogP contribution in [0.4, 0.5) is 0 Å². The third kappa shape index (κ3) is 5.35. The van der Waals surface area contributed by atoms with Crippen LogP contribution < -0.4 is 14.2 Å². The van der Waals surface area contributed by atoms with Gasteiger partial charge in [0.25, 0.3) is 5.91 Å². The van der Waals surface area contributed by atoms with E-state index >= 15 is 0 Å². The number of hydrogen-bond donors (Lipinski definition) is 0. The van der Waals surface area contributed by atoms with E-state index < -0.39 is 0 Å². The lowest BCUT2D eigenvalue weighted by Crippen LogP contribution is -2.52. The van der Waals surface area contributed by atoms with Gasteiger partial charge in [-0.05, 0) is 42.0 Å². The van der Waals surface area contributed by atoms with Crippen LogP contribution in [0.15, 0.2) is 36.4 Å². The second-order valence-corrected chi connectivity index (χ2v) is 8.13. The van der Waals surface area contributed by atoms with Crippen LogP contribution in [0.2, 0.25) is 10.0 Å². The van der Waals surface area contributed by atoms with E-state index in [9.17, 15) is 9.59 Å². The molecule has 0 spiro atoms. The van der Waals surface area contributed by atoms with Gasteiger partial charge < -0.3 is 24.0 Å². The topological polar surface area (TPSA) is 68.3 Å². The van der Waals surface area contributed by atoms with Crippen LogP contribution >= 0.6 is 23.2 Å². The van der Waals surface area contributed by atoms with Crippen molar-refractivity contribution >= 4 is 35.0 Å². The Kier molecular flexibility index (Phi) is 6.73. The lowest BCUT2D eigenvalue weighted by Gasteiger charge is -2.34. The Morgan fingerprint density at radius 3 is 2.26 bits per heavy atom. The molecule has 31 heavy (non-hydrogen) atoms. The molecule has 2 amide bonds. The maximum Gasteiger partial charge on any atom is 0.260 e. The monoisotopic (exact) mass is 464 g/mol. The van der Waals surface area contributed by atoms with Gasteiger partial charge in [-0.2, -0.15) is 0 Å². The predicted octanol–water partition coefficient (Wildman–Crippen LogP) is 3.06. The number of carbonyl (C=O) groups is 2. The van der Waals surface area contributed by atoms with Gasteiger partial charge >= 0.3 is 0 Å². The second kappa shape index (κ2) is 9.66. The van der Waals surface area contributed by atoms with Crippen molar-refractivity contribution in [1.29, 1.82) is 0 Å². The maximum absolute atomic E-state index is 12.7. The number of piperazine rings is 1. The van der Waals surface area contributed by atoms with Crippen LogP contribution in [-0.2, 0) is 16.0 Å². The highest BCUT2D eigenvalue weighted by atomic mass is 35.5. The van der Waals surface area contributed by atoms with Crippen LogP contribution in [0.5, 0.6) is 17.2 Å². The summed E-state index contributed by atoms with van der Waals surface area (Å²) in [5, 5.41) is 1.05. The van der Waals surface area contributed by atoms with Crippen LogP contribution in [0, 0.1) is 0 Å². The SMILES string of the molecule is O=C(COc1ccc(Cl)cc1)N1CCN(C(=O)Cc2cc(Cl)c3c(c2)OCCO3)CC1. The van der Waals surface area contributed by atoms with Crippen molar-refractivity contribution in [2.24, 2.45) is 0 Å². The van der Waals surface area contributed by atoms with Crippen LogP contribution in [0.1, 0.15) is 5.56 Å². The largest absolute Gasteiger partial charge is 0.486 e. The lowest BCUT2D eigenvalue weighted by atomic mass is 10.1. The Labute approximate surface area is 190 Å². The van der Waals surface area contributed by atoms with Crippen LogP contribution in [0.3, 0.4) is 0 Å². The van der Waals surface area contributed by atoms with Crippen molar-refractivity contribution in [1.82, 2.24) is 9.80 Å². The fraction of sp³-hybridized carbons (Fsp3) is 0.364. The molecular weight excluding hydrogens is 443 g/mol. The minimum absolute atomic E-state index is 0.0164. The molecule has 2 aliphatic heterocycles. The molecule has 0 radical (unpaired) electrons. The molecule has 164 valence electrons. The van der Waals surface area contributed by atoms with Gasteiger partial charge in [-0.1, -0.05) is 23.2 Å². The molecule has 2 aromatic carbocycles. The summed E-state index contributed by atoms with van der Waals surface area (Å²) in [5.41, 5.74) is 0.772. The van der Waals surface area contributed by atoms with E-state index in [-0.39, 0.29) is 24.8 Å². The Balaban J connectivity index is 1.26. The smallest absolute Gasteiger partial charge is 0.260 e. The zero-order chi connectivity index (χ0) is 21.8. The van der Waals surface area contributed by atoms with Crippen molar-refractivity contribution in [3.63, 3.8) is 0 Å². The Morgan fingerprint density at radius 2 is 1.55 bits per heavy atom. The molecule has 0 aromatic heterocycles. The zero-order valence-corrected chi connectivity index (χ0v) is 18.3. The standard InChI is InChI=1S/C22H22Cl2N2O5/c23-16-1-3-17(4-2-16)31-14-21(28)26-7-5-25(6-8-26)20(27)13-15-11-18(24)22-19(12-15)29-9-10-30-22/h1-4,11-12H,5-10,13-14H2. The molecule has 2 aromatic rings. The summed E-state index contributed by atoms with van der Waals surface area (Å²) < 4.78 is 16.6. The molecule has 0 unspecified atom stereocenters. The van der Waals surface area contributed by atoms with E-state index in [0.29, 0.717) is 66.7 Å². The number of benzene rings is 2. The highest BCUT2D eigenvalue weighted by molar-refractivity contribution is 6.32. The first-order chi connectivity index (χ1) is 15.0. The number of halogens is 2. The van der Waals surface area contributed by atoms with Crippen LogP contribution in [-0.4, -0.2) is 67.6 Å². The first-order valence-corrected chi connectivity index (χ1v) is 10.8. The Hall–Kier alpha value is -2.64. The minimum Gasteiger partial charge on any atom is -0.486 e. The maximum atomic E-state index is 12.7. The van der Waals surface area contributed by atoms with Gasteiger partial charge in [0.05, 0.1) is 11.4 Å². The van der Waals surface area contributed by atoms with E-state index in [2.05, 4.69) is 0 Å². The number of rotatable bonds is 5. The van der Waals surface area contributed by atoms with E-state index in [4.69, 9.17) is 37.4 Å². The lowest BCUT2D eigenvalue weighted by molar-refractivity contribution is -0.140. The number of fused-ring (bicyclic) bond motifs is 1. The molecule has 0 saturated carbocycles. The Morgan fingerprint density at radius 1 is 0.903 bits per heavy atom. The first-order valence-electron chi connectivity index (χ1n) is 10.0. The summed E-state index contributed by atoms with van der Waals surface area (Å²) in [6.07, 6.45) is 0.212. The fourth-order valence-corrected chi connectivity index (χ4v) is 3.94. The molecule has 0 atom stereocenters. The van der Waals surface area contributed by atoms with E-state index in [1.807, 2.05) is 0 Å². The summed E-state index contributed by atoms with van der Waals surface area (Å²) in [4.78, 5) is 28.6. The fourth-order valence-electron chi connectivity index (χ4n) is 3.53. The number of carbonyl (C=O) groups excluding carboxylic acids is 2. The normalized spacial score (nSPS) is 15.5. The molecular formula is C22H22Cl2N2O5. The van der Waals surface area contributed by atoms with Gasteiger partial charge in [0.2, 0.25) is 5.91 Å². The van der Waals surface area contributed by atoms with Gasteiger partial charge in [0.15, 0.2) is 18.1 Å². The molecule has 2 aliphatic rings. The molecule has 9 heteroatoms. The van der Waals surface area contributed by atoms with E-state index in [1.54, 1.807) is 46.2 Å². The van der Waals surface area contributed by atoms with Gasteiger partial charge in [0, 0.05) is 31.2 Å². The van der Waals surface area contributed by atoms with Gasteiger partial charge in [0.1, 0.15) is 19.0 Å². The van der Waals surface area contributed by atoms with Crippen molar-refractivity contribution in [3.05, 3.63) is 52.0 Å². The molecule has 7 nitrogen and oxygen atoms in total. The summed E-state index contributed by atoms with van der Waals surface area (Å²) in [5.74, 6) is 1.55. The molecule has 0 N–H and O–H groups in total. The zero-order valence-electron chi connectivity index (χ0n) is 16.8. The second-order valence-electron chi connectivity index (χ2n) is 7.28. The highest BCUT2D eigenvalue weighted by Gasteiger charge is 2.25. The molecule has 0 aliphatic carbocycles. The Bertz CT molecular complexity index is 959. The number of hydrogen-bond acceptors (Lipinski definition) is 5. The third-order valence-electron chi connectivity index (χ3n) is 5.17. The molecule has 2 heterocycles. The summed E-state index contributed by atoms with van der Waals surface area (Å²) in [7, 11) is 0. The summed E-state index contributed by atoms with van der Waals surface area (Å²) in [6.45, 7) is 2.75. The average Bonchev–Trinajstić information content (AvgIpc) is 2.78. The van der Waals surface area contributed by atoms with Crippen molar-refractivity contribution in [3.8, 4) is 17.2 Å². The molecule has 0 bridgehead atoms. The molecule has 4 rings (SSSR count). The number of amides is 2. The molecule has 1 saturated heterocycles. The van der Waals surface area contributed by atoms with E-state index in [1.165, 1.54) is 0 Å². The number of nitrogens with zero attached hydrogens (tertiary/aromatic N) is 2. The van der Waals surface area contributed by atoms with Gasteiger partial charge in [-0.15, -0.1) is 0 Å². The number of ether oxygens (including phenoxy) is 3. The average molecular weight is 465 g/mol. The van der Waals surface area contributed by atoms with Gasteiger partial charge in [-0.25, -0.2) is 0 Å². The predicted molar refractivity (Wildman–Crippen MR) is 116 cm³/mol. The third-order valence-corrected chi connectivity index (χ3v) is 5.71. The van der Waals surface area contributed by atoms with Crippen molar-refractivity contribution in [2.45, 2.75) is 6.42 Å². The van der Waals surface area contributed by atoms with Crippen molar-refractivity contribution < 1.29 is 23.8 Å². The van der Waals surface area contributed by atoms with Crippen molar-refractivity contribution in [2.75, 3.05) is 46.0 Å². The minimum atomic E-state index is -0.110. The quantitative estimate of drug-likeness (QED) is 0.679. The van der Waals surface area contributed by atoms with Crippen LogP contribution in [0.25, 0.3) is 0 Å². The summed E-state index contributed by atoms with van der Waals surface area (Å²) >= 11 is 12.1. The first kappa shape index (κ1) is 21.6.